The molecule has 0 atom stereocenters. The van der Waals surface area contributed by atoms with Gasteiger partial charge in [0.15, 0.2) is 0 Å². The molecule has 1 aromatic carbocycles. The number of thioether (sulfide) groups is 1. The molecule has 0 aliphatic rings. The van der Waals surface area contributed by atoms with Gasteiger partial charge in [-0.1, -0.05) is 29.4 Å². The van der Waals surface area contributed by atoms with E-state index in [0.29, 0.717) is 21.5 Å². The van der Waals surface area contributed by atoms with Gasteiger partial charge in [0.1, 0.15) is 5.82 Å². The van der Waals surface area contributed by atoms with E-state index in [1.165, 1.54) is 28.8 Å². The molecule has 0 aliphatic heterocycles. The van der Waals surface area contributed by atoms with Gasteiger partial charge >= 0.3 is 0 Å². The lowest BCUT2D eigenvalue weighted by Crippen LogP contribution is -2.28. The predicted molar refractivity (Wildman–Crippen MR) is 104 cm³/mol. The molecule has 9 heteroatoms. The van der Waals surface area contributed by atoms with Crippen LogP contribution in [0.2, 0.25) is 5.02 Å². The first-order valence-corrected chi connectivity index (χ1v) is 9.64. The second-order valence-corrected chi connectivity index (χ2v) is 7.60. The fraction of sp³-hybridized carbons (Fsp3) is 0.333. The van der Waals surface area contributed by atoms with E-state index in [0.717, 1.165) is 17.0 Å². The van der Waals surface area contributed by atoms with Gasteiger partial charge in [-0.25, -0.2) is 13.9 Å². The second-order valence-electron chi connectivity index (χ2n) is 6.25. The zero-order chi connectivity index (χ0) is 19.7. The van der Waals surface area contributed by atoms with Crippen LogP contribution < -0.4 is 0 Å². The number of aromatic nitrogens is 4. The molecule has 3 aromatic rings. The van der Waals surface area contributed by atoms with Gasteiger partial charge in [0.25, 0.3) is 5.78 Å². The third-order valence-corrected chi connectivity index (χ3v) is 5.63. The van der Waals surface area contributed by atoms with Crippen molar-refractivity contribution < 1.29 is 9.18 Å². The fourth-order valence-electron chi connectivity index (χ4n) is 2.54. The van der Waals surface area contributed by atoms with Crippen LogP contribution in [0.1, 0.15) is 22.5 Å². The molecule has 2 heterocycles. The lowest BCUT2D eigenvalue weighted by Gasteiger charge is -2.18. The zero-order valence-corrected chi connectivity index (χ0v) is 17.0. The quantitative estimate of drug-likeness (QED) is 0.605. The minimum atomic E-state index is -0.427. The van der Waals surface area contributed by atoms with E-state index in [1.54, 1.807) is 17.6 Å². The van der Waals surface area contributed by atoms with Gasteiger partial charge < -0.3 is 4.90 Å². The zero-order valence-electron chi connectivity index (χ0n) is 15.5. The van der Waals surface area contributed by atoms with Crippen molar-refractivity contribution in [1.29, 1.82) is 0 Å². The summed E-state index contributed by atoms with van der Waals surface area (Å²) in [6.45, 7) is 5.97. The highest BCUT2D eigenvalue weighted by atomic mass is 35.5. The van der Waals surface area contributed by atoms with Gasteiger partial charge in [-0.05, 0) is 38.5 Å². The van der Waals surface area contributed by atoms with E-state index < -0.39 is 5.82 Å². The van der Waals surface area contributed by atoms with Crippen LogP contribution >= 0.6 is 23.4 Å². The number of rotatable bonds is 5. The normalized spacial score (nSPS) is 11.2. The molecular formula is C18H19ClFN5OS. The molecule has 0 fully saturated rings. The number of hydrogen-bond acceptors (Lipinski definition) is 5. The van der Waals surface area contributed by atoms with Crippen molar-refractivity contribution in [2.75, 3.05) is 12.8 Å². The molecule has 3 rings (SSSR count). The molecule has 6 nitrogen and oxygen atoms in total. The summed E-state index contributed by atoms with van der Waals surface area (Å²) < 4.78 is 15.6. The minimum Gasteiger partial charge on any atom is -0.341 e. The van der Waals surface area contributed by atoms with Crippen LogP contribution in [0, 0.1) is 26.6 Å². The Balaban J connectivity index is 1.68. The second kappa shape index (κ2) is 7.82. The number of fused-ring (bicyclic) bond motifs is 1. The summed E-state index contributed by atoms with van der Waals surface area (Å²) in [7, 11) is 1.61. The van der Waals surface area contributed by atoms with E-state index >= 15 is 0 Å². The lowest BCUT2D eigenvalue weighted by molar-refractivity contribution is -0.127. The number of hydrogen-bond donors (Lipinski definition) is 0. The standard InChI is InChI=1S/C18H19ClFN5OS/c1-10-11(2)21-17-22-18(23-25(17)12(10)3)27-9-16(26)24(4)8-13-14(19)6-5-7-15(13)20/h5-7H,8-9H2,1-4H3. The average molecular weight is 408 g/mol. The van der Waals surface area contributed by atoms with Crippen LogP contribution in [-0.4, -0.2) is 43.2 Å². The van der Waals surface area contributed by atoms with Crippen molar-refractivity contribution in [2.24, 2.45) is 0 Å². The van der Waals surface area contributed by atoms with Crippen LogP contribution in [0.15, 0.2) is 23.4 Å². The fourth-order valence-corrected chi connectivity index (χ4v) is 3.53. The van der Waals surface area contributed by atoms with Crippen LogP contribution in [-0.2, 0) is 11.3 Å². The molecule has 0 N–H and O–H groups in total. The third-order valence-electron chi connectivity index (χ3n) is 4.45. The number of nitrogens with zero attached hydrogens (tertiary/aromatic N) is 5. The maximum atomic E-state index is 13.9. The average Bonchev–Trinajstić information content (AvgIpc) is 3.03. The first-order valence-electron chi connectivity index (χ1n) is 8.28. The van der Waals surface area contributed by atoms with Gasteiger partial charge in [-0.15, -0.1) is 5.10 Å². The molecular weight excluding hydrogens is 389 g/mol. The number of amides is 1. The van der Waals surface area contributed by atoms with Crippen molar-refractivity contribution >= 4 is 35.0 Å². The Morgan fingerprint density at radius 1 is 1.30 bits per heavy atom. The first-order chi connectivity index (χ1) is 12.8. The summed E-state index contributed by atoms with van der Waals surface area (Å²) in [4.78, 5) is 22.6. The lowest BCUT2D eigenvalue weighted by atomic mass is 10.2. The van der Waals surface area contributed by atoms with Crippen LogP contribution in [0.5, 0.6) is 0 Å². The SMILES string of the molecule is Cc1nc2nc(SCC(=O)N(C)Cc3c(F)cccc3Cl)nn2c(C)c1C. The number of carbonyl (C=O) groups is 1. The molecule has 0 unspecified atom stereocenters. The Labute approximate surface area is 165 Å². The highest BCUT2D eigenvalue weighted by Crippen LogP contribution is 2.22. The molecule has 0 bridgehead atoms. The van der Waals surface area contributed by atoms with E-state index in [-0.39, 0.29) is 18.2 Å². The Morgan fingerprint density at radius 3 is 2.74 bits per heavy atom. The van der Waals surface area contributed by atoms with Crippen molar-refractivity contribution in [3.8, 4) is 0 Å². The summed E-state index contributed by atoms with van der Waals surface area (Å²) in [5.41, 5.74) is 3.23. The molecule has 2 aromatic heterocycles. The number of aryl methyl sites for hydroxylation is 2. The molecule has 0 saturated carbocycles. The molecule has 0 spiro atoms. The molecule has 142 valence electrons. The molecule has 1 amide bonds. The Hall–Kier alpha value is -2.19. The van der Waals surface area contributed by atoms with Gasteiger partial charge in [0.05, 0.1) is 5.75 Å². The van der Waals surface area contributed by atoms with Crippen molar-refractivity contribution in [1.82, 2.24) is 24.5 Å². The highest BCUT2D eigenvalue weighted by molar-refractivity contribution is 7.99. The monoisotopic (exact) mass is 407 g/mol. The van der Waals surface area contributed by atoms with Gasteiger partial charge in [0, 0.05) is 35.6 Å². The molecule has 0 saturated heterocycles. The van der Waals surface area contributed by atoms with Crippen LogP contribution in [0.3, 0.4) is 0 Å². The maximum Gasteiger partial charge on any atom is 0.253 e. The predicted octanol–water partition coefficient (Wildman–Crippen LogP) is 3.59. The Kier molecular flexibility index (Phi) is 5.67. The van der Waals surface area contributed by atoms with Crippen LogP contribution in [0.4, 0.5) is 4.39 Å². The van der Waals surface area contributed by atoms with E-state index in [1.807, 2.05) is 20.8 Å². The Morgan fingerprint density at radius 2 is 2.04 bits per heavy atom. The summed E-state index contributed by atoms with van der Waals surface area (Å²) in [6, 6.07) is 4.47. The number of benzene rings is 1. The summed E-state index contributed by atoms with van der Waals surface area (Å²) in [5, 5.41) is 5.19. The van der Waals surface area contributed by atoms with Gasteiger partial charge in [-0.3, -0.25) is 4.79 Å². The summed E-state index contributed by atoms with van der Waals surface area (Å²) >= 11 is 7.24. The number of carbonyl (C=O) groups excluding carboxylic acids is 1. The van der Waals surface area contributed by atoms with Crippen molar-refractivity contribution in [2.45, 2.75) is 32.5 Å². The smallest absolute Gasteiger partial charge is 0.253 e. The summed E-state index contributed by atoms with van der Waals surface area (Å²) in [5.74, 6) is 0.0487. The van der Waals surface area contributed by atoms with Crippen LogP contribution in [0.25, 0.3) is 5.78 Å². The van der Waals surface area contributed by atoms with E-state index in [4.69, 9.17) is 11.6 Å². The molecule has 27 heavy (non-hydrogen) atoms. The number of halogens is 2. The largest absolute Gasteiger partial charge is 0.341 e. The minimum absolute atomic E-state index is 0.0997. The highest BCUT2D eigenvalue weighted by Gasteiger charge is 2.17. The van der Waals surface area contributed by atoms with E-state index in [9.17, 15) is 9.18 Å². The van der Waals surface area contributed by atoms with Crippen molar-refractivity contribution in [3.63, 3.8) is 0 Å². The Bertz CT molecular complexity index is 1000. The third kappa shape index (κ3) is 4.06. The van der Waals surface area contributed by atoms with E-state index in [2.05, 4.69) is 15.1 Å². The van der Waals surface area contributed by atoms with Crippen molar-refractivity contribution in [3.05, 3.63) is 51.6 Å². The summed E-state index contributed by atoms with van der Waals surface area (Å²) in [6.07, 6.45) is 0. The molecule has 0 aliphatic carbocycles. The maximum absolute atomic E-state index is 13.9. The molecule has 0 radical (unpaired) electrons. The van der Waals surface area contributed by atoms with Gasteiger partial charge in [-0.2, -0.15) is 4.98 Å². The first kappa shape index (κ1) is 19.6. The topological polar surface area (TPSA) is 63.4 Å². The van der Waals surface area contributed by atoms with Gasteiger partial charge in [0.2, 0.25) is 11.1 Å².